The quantitative estimate of drug-likeness (QED) is 0.432. The standard InChI is InChI=1S/C23H24FN7O2/c1-25-20-9-19(16-11-30(12-7-13(32)8-12)21-14(16)3-2-6-26-21)28-22-15(10-27-31(20)22)23(33)29-18-5-4-17(18)24/h2-3,6,9-13,17-18,25,32H,4-5,7-8H2,1H3,(H,29,33)/t12-,13+,17-,18?/m1/s1. The number of pyridine rings is 1. The third-order valence-corrected chi connectivity index (χ3v) is 6.83. The summed E-state index contributed by atoms with van der Waals surface area (Å²) in [6, 6.07) is 5.49. The zero-order chi connectivity index (χ0) is 22.7. The number of rotatable bonds is 5. The summed E-state index contributed by atoms with van der Waals surface area (Å²) in [6.45, 7) is 0. The van der Waals surface area contributed by atoms with Crippen LogP contribution in [0.5, 0.6) is 0 Å². The Bertz CT molecular complexity index is 1370. The van der Waals surface area contributed by atoms with Crippen LogP contribution in [0.4, 0.5) is 10.2 Å². The second-order valence-electron chi connectivity index (χ2n) is 8.85. The zero-order valence-electron chi connectivity index (χ0n) is 18.1. The van der Waals surface area contributed by atoms with E-state index in [4.69, 9.17) is 4.98 Å². The van der Waals surface area contributed by atoms with Crippen LogP contribution in [0.1, 0.15) is 42.1 Å². The van der Waals surface area contributed by atoms with Crippen LogP contribution in [0.25, 0.3) is 27.9 Å². The van der Waals surface area contributed by atoms with Crippen LogP contribution in [-0.4, -0.2) is 60.5 Å². The zero-order valence-corrected chi connectivity index (χ0v) is 18.1. The summed E-state index contributed by atoms with van der Waals surface area (Å²) in [6.07, 6.45) is 6.45. The molecule has 4 aromatic heterocycles. The number of fused-ring (bicyclic) bond motifs is 2. The molecule has 2 atom stereocenters. The maximum Gasteiger partial charge on any atom is 0.257 e. The number of nitrogens with one attached hydrogen (secondary N) is 2. The Kier molecular flexibility index (Phi) is 4.58. The highest BCUT2D eigenvalue weighted by molar-refractivity contribution is 6.01. The fourth-order valence-electron chi connectivity index (χ4n) is 4.66. The summed E-state index contributed by atoms with van der Waals surface area (Å²) in [5.74, 6) is 0.293. The molecule has 0 bridgehead atoms. The molecule has 2 aliphatic carbocycles. The number of nitrogens with zero attached hydrogens (tertiary/aromatic N) is 5. The molecule has 4 heterocycles. The van der Waals surface area contributed by atoms with Crippen LogP contribution in [0.2, 0.25) is 0 Å². The first kappa shape index (κ1) is 20.1. The molecule has 33 heavy (non-hydrogen) atoms. The van der Waals surface area contributed by atoms with Crippen LogP contribution in [0, 0.1) is 0 Å². The molecule has 0 aliphatic heterocycles. The molecule has 2 aliphatic rings. The molecule has 170 valence electrons. The summed E-state index contributed by atoms with van der Waals surface area (Å²) in [4.78, 5) is 22.2. The SMILES string of the molecule is CNc1cc(-c2cn([C@H]3C[C@@H](O)C3)c3ncccc23)nc2c(C(=O)NC3CC[C@H]3F)cnn12. The molecule has 9 nitrogen and oxygen atoms in total. The predicted molar refractivity (Wildman–Crippen MR) is 121 cm³/mol. The number of anilines is 1. The summed E-state index contributed by atoms with van der Waals surface area (Å²) in [7, 11) is 1.78. The van der Waals surface area contributed by atoms with E-state index >= 15 is 0 Å². The second-order valence-corrected chi connectivity index (χ2v) is 8.85. The number of hydrogen-bond donors (Lipinski definition) is 3. The number of aliphatic hydroxyl groups is 1. The fourth-order valence-corrected chi connectivity index (χ4v) is 4.66. The summed E-state index contributed by atoms with van der Waals surface area (Å²) < 4.78 is 17.4. The fraction of sp³-hybridized carbons (Fsp3) is 0.391. The van der Waals surface area contributed by atoms with Crippen molar-refractivity contribution in [1.29, 1.82) is 0 Å². The van der Waals surface area contributed by atoms with Crippen molar-refractivity contribution in [3.63, 3.8) is 0 Å². The molecule has 0 spiro atoms. The van der Waals surface area contributed by atoms with Crippen LogP contribution < -0.4 is 10.6 Å². The molecule has 0 radical (unpaired) electrons. The summed E-state index contributed by atoms with van der Waals surface area (Å²) in [5.41, 5.74) is 3.09. The van der Waals surface area contributed by atoms with Crippen molar-refractivity contribution in [3.05, 3.63) is 42.4 Å². The third kappa shape index (κ3) is 3.16. The molecular weight excluding hydrogens is 425 g/mol. The van der Waals surface area contributed by atoms with E-state index in [2.05, 4.69) is 25.3 Å². The van der Waals surface area contributed by atoms with Crippen molar-refractivity contribution in [2.24, 2.45) is 0 Å². The van der Waals surface area contributed by atoms with E-state index in [0.29, 0.717) is 48.4 Å². The Morgan fingerprint density at radius 1 is 1.27 bits per heavy atom. The summed E-state index contributed by atoms with van der Waals surface area (Å²) in [5, 5.41) is 21.0. The molecule has 2 saturated carbocycles. The van der Waals surface area contributed by atoms with Crippen LogP contribution in [0.3, 0.4) is 0 Å². The van der Waals surface area contributed by atoms with E-state index in [9.17, 15) is 14.3 Å². The van der Waals surface area contributed by atoms with Gasteiger partial charge in [0.15, 0.2) is 5.65 Å². The lowest BCUT2D eigenvalue weighted by molar-refractivity contribution is 0.0501. The first-order valence-electron chi connectivity index (χ1n) is 11.2. The lowest BCUT2D eigenvalue weighted by atomic mass is 9.89. The van der Waals surface area contributed by atoms with E-state index in [1.807, 2.05) is 24.4 Å². The van der Waals surface area contributed by atoms with Gasteiger partial charge in [0.1, 0.15) is 23.2 Å². The lowest BCUT2D eigenvalue weighted by Crippen LogP contribution is -2.48. The van der Waals surface area contributed by atoms with Gasteiger partial charge >= 0.3 is 0 Å². The van der Waals surface area contributed by atoms with E-state index in [-0.39, 0.29) is 18.1 Å². The smallest absolute Gasteiger partial charge is 0.257 e. The highest BCUT2D eigenvalue weighted by atomic mass is 19.1. The summed E-state index contributed by atoms with van der Waals surface area (Å²) >= 11 is 0. The van der Waals surface area contributed by atoms with Gasteiger partial charge in [-0.1, -0.05) is 0 Å². The molecular formula is C23H24FN7O2. The van der Waals surface area contributed by atoms with Crippen molar-refractivity contribution >= 4 is 28.4 Å². The molecule has 1 amide bonds. The molecule has 6 rings (SSSR count). The first-order valence-corrected chi connectivity index (χ1v) is 11.2. The molecule has 4 aromatic rings. The van der Waals surface area contributed by atoms with Crippen molar-refractivity contribution in [1.82, 2.24) is 29.5 Å². The lowest BCUT2D eigenvalue weighted by Gasteiger charge is -2.32. The van der Waals surface area contributed by atoms with Gasteiger partial charge in [0.05, 0.1) is 24.0 Å². The number of halogens is 1. The average molecular weight is 449 g/mol. The maximum atomic E-state index is 13.7. The molecule has 3 N–H and O–H groups in total. The molecule has 10 heteroatoms. The number of aliphatic hydroxyl groups excluding tert-OH is 1. The van der Waals surface area contributed by atoms with Gasteiger partial charge in [-0.15, -0.1) is 0 Å². The number of alkyl halides is 1. The van der Waals surface area contributed by atoms with Gasteiger partial charge in [0, 0.05) is 42.5 Å². The van der Waals surface area contributed by atoms with Crippen LogP contribution in [0.15, 0.2) is 36.8 Å². The van der Waals surface area contributed by atoms with Crippen LogP contribution >= 0.6 is 0 Å². The maximum absolute atomic E-state index is 13.7. The Balaban J connectivity index is 1.46. The number of carbonyl (C=O) groups excluding carboxylic acids is 1. The van der Waals surface area contributed by atoms with Gasteiger partial charge < -0.3 is 20.3 Å². The number of amides is 1. The van der Waals surface area contributed by atoms with Gasteiger partial charge in [-0.05, 0) is 37.8 Å². The van der Waals surface area contributed by atoms with Gasteiger partial charge in [0.25, 0.3) is 5.91 Å². The Labute approximate surface area is 188 Å². The average Bonchev–Trinajstić information content (AvgIpc) is 3.40. The van der Waals surface area contributed by atoms with Crippen molar-refractivity contribution in [3.8, 4) is 11.3 Å². The van der Waals surface area contributed by atoms with E-state index < -0.39 is 12.2 Å². The van der Waals surface area contributed by atoms with E-state index in [1.54, 1.807) is 17.8 Å². The first-order chi connectivity index (χ1) is 16.0. The van der Waals surface area contributed by atoms with Gasteiger partial charge in [-0.2, -0.15) is 9.61 Å². The monoisotopic (exact) mass is 449 g/mol. The largest absolute Gasteiger partial charge is 0.393 e. The normalized spacial score (nSPS) is 24.5. The number of carbonyl (C=O) groups is 1. The van der Waals surface area contributed by atoms with E-state index in [1.165, 1.54) is 6.20 Å². The topological polar surface area (TPSA) is 109 Å². The van der Waals surface area contributed by atoms with Crippen LogP contribution in [-0.2, 0) is 0 Å². The van der Waals surface area contributed by atoms with Crippen molar-refractivity contribution < 1.29 is 14.3 Å². The predicted octanol–water partition coefficient (Wildman–Crippen LogP) is 2.71. The second kappa shape index (κ2) is 7.51. The van der Waals surface area contributed by atoms with Crippen molar-refractivity contribution in [2.45, 2.75) is 50.0 Å². The van der Waals surface area contributed by atoms with Crippen molar-refractivity contribution in [2.75, 3.05) is 12.4 Å². The Hall–Kier alpha value is -3.53. The molecule has 1 unspecified atom stereocenters. The van der Waals surface area contributed by atoms with E-state index in [0.717, 1.165) is 16.6 Å². The molecule has 0 saturated heterocycles. The van der Waals surface area contributed by atoms with Gasteiger partial charge in [-0.25, -0.2) is 14.4 Å². The minimum absolute atomic E-state index is 0.186. The third-order valence-electron chi connectivity index (χ3n) is 6.83. The Morgan fingerprint density at radius 2 is 2.12 bits per heavy atom. The molecule has 0 aromatic carbocycles. The molecule has 2 fully saturated rings. The highest BCUT2D eigenvalue weighted by Gasteiger charge is 2.33. The number of hydrogen-bond acceptors (Lipinski definition) is 6. The van der Waals surface area contributed by atoms with Gasteiger partial charge in [-0.3, -0.25) is 4.79 Å². The Morgan fingerprint density at radius 3 is 2.82 bits per heavy atom. The minimum atomic E-state index is -1.00. The highest BCUT2D eigenvalue weighted by Crippen LogP contribution is 2.38. The number of aromatic nitrogens is 5. The van der Waals surface area contributed by atoms with Gasteiger partial charge in [0.2, 0.25) is 0 Å². The minimum Gasteiger partial charge on any atom is -0.393 e.